The zero-order valence-corrected chi connectivity index (χ0v) is 15.3. The van der Waals surface area contributed by atoms with Crippen LogP contribution in [-0.4, -0.2) is 51.8 Å². The first-order valence-electron chi connectivity index (χ1n) is 8.33. The van der Waals surface area contributed by atoms with Crippen LogP contribution in [0.3, 0.4) is 0 Å². The van der Waals surface area contributed by atoms with Gasteiger partial charge in [-0.15, -0.1) is 20.4 Å². The fourth-order valence-corrected chi connectivity index (χ4v) is 2.72. The molecule has 0 aliphatic carbocycles. The number of hydrogen-bond acceptors (Lipinski definition) is 8. The maximum atomic E-state index is 9.99. The molecule has 4 heterocycles. The third kappa shape index (κ3) is 2.89. The zero-order chi connectivity index (χ0) is 19.1. The first kappa shape index (κ1) is 17.0. The molecule has 0 bridgehead atoms. The summed E-state index contributed by atoms with van der Waals surface area (Å²) < 4.78 is 8.63. The predicted octanol–water partition coefficient (Wildman–Crippen LogP) is 1.45. The van der Waals surface area contributed by atoms with Gasteiger partial charge in [-0.1, -0.05) is 0 Å². The maximum absolute atomic E-state index is 9.99. The van der Waals surface area contributed by atoms with Gasteiger partial charge in [0.2, 0.25) is 0 Å². The summed E-state index contributed by atoms with van der Waals surface area (Å²) in [5.74, 6) is 2.49. The minimum atomic E-state index is -0.834. The number of aryl methyl sites for hydroxylation is 2. The summed E-state index contributed by atoms with van der Waals surface area (Å²) in [5.41, 5.74) is 2.13. The van der Waals surface area contributed by atoms with Crippen molar-refractivity contribution >= 4 is 5.65 Å². The topological polar surface area (TPSA) is 116 Å². The Balaban J connectivity index is 1.97. The molecule has 4 aromatic heterocycles. The van der Waals surface area contributed by atoms with E-state index in [9.17, 15) is 5.11 Å². The first-order valence-corrected chi connectivity index (χ1v) is 8.33. The summed E-state index contributed by atoms with van der Waals surface area (Å²) in [6.07, 6.45) is 0.797. The van der Waals surface area contributed by atoms with E-state index < -0.39 is 6.10 Å². The lowest BCUT2D eigenvalue weighted by atomic mass is 10.2. The van der Waals surface area contributed by atoms with Crippen molar-refractivity contribution in [1.82, 2.24) is 39.6 Å². The van der Waals surface area contributed by atoms with Gasteiger partial charge in [0, 0.05) is 5.69 Å². The highest BCUT2D eigenvalue weighted by Gasteiger charge is 2.21. The molecule has 4 rings (SSSR count). The number of aliphatic hydroxyl groups is 1. The van der Waals surface area contributed by atoms with Gasteiger partial charge in [0.1, 0.15) is 11.9 Å². The molecular formula is C17H18N8O2. The molecule has 4 aromatic rings. The van der Waals surface area contributed by atoms with Crippen LogP contribution in [0.25, 0.3) is 22.9 Å². The van der Waals surface area contributed by atoms with E-state index in [1.807, 2.05) is 19.9 Å². The number of aromatic nitrogens is 8. The van der Waals surface area contributed by atoms with Crippen LogP contribution in [0, 0.1) is 13.8 Å². The average molecular weight is 366 g/mol. The monoisotopic (exact) mass is 366 g/mol. The second-order valence-corrected chi connectivity index (χ2v) is 6.12. The van der Waals surface area contributed by atoms with Crippen molar-refractivity contribution in [3.63, 3.8) is 0 Å². The highest BCUT2D eigenvalue weighted by molar-refractivity contribution is 5.65. The number of aliphatic hydroxyl groups excluding tert-OH is 1. The molecule has 0 aliphatic heterocycles. The number of rotatable bonds is 4. The molecule has 0 aliphatic rings. The number of methoxy groups -OCH3 is 1. The number of nitrogens with zero attached hydrogens (tertiary/aromatic N) is 8. The maximum Gasteiger partial charge on any atom is 0.179 e. The van der Waals surface area contributed by atoms with Gasteiger partial charge in [-0.05, 0) is 39.0 Å². The number of fused-ring (bicyclic) bond motifs is 1. The average Bonchev–Trinajstić information content (AvgIpc) is 3.26. The van der Waals surface area contributed by atoms with Crippen LogP contribution in [0.4, 0.5) is 0 Å². The van der Waals surface area contributed by atoms with Gasteiger partial charge in [0.15, 0.2) is 28.9 Å². The summed E-state index contributed by atoms with van der Waals surface area (Å²) in [4.78, 5) is 8.77. The van der Waals surface area contributed by atoms with Gasteiger partial charge in [-0.25, -0.2) is 4.98 Å². The summed E-state index contributed by atoms with van der Waals surface area (Å²) in [6, 6.07) is 5.42. The third-order valence-corrected chi connectivity index (χ3v) is 4.08. The Kier molecular flexibility index (Phi) is 4.04. The molecule has 0 saturated heterocycles. The van der Waals surface area contributed by atoms with Crippen LogP contribution in [-0.2, 0) is 0 Å². The smallest absolute Gasteiger partial charge is 0.179 e. The quantitative estimate of drug-likeness (QED) is 0.577. The van der Waals surface area contributed by atoms with E-state index >= 15 is 0 Å². The lowest BCUT2D eigenvalue weighted by molar-refractivity contribution is 0.189. The molecule has 0 radical (unpaired) electrons. The molecule has 10 heteroatoms. The van der Waals surface area contributed by atoms with Gasteiger partial charge in [0.05, 0.1) is 18.9 Å². The molecule has 1 atom stereocenters. The molecule has 1 unspecified atom stereocenters. The third-order valence-electron chi connectivity index (χ3n) is 4.08. The van der Waals surface area contributed by atoms with Crippen molar-refractivity contribution in [2.75, 3.05) is 7.11 Å². The van der Waals surface area contributed by atoms with Crippen molar-refractivity contribution in [3.05, 3.63) is 41.7 Å². The predicted molar refractivity (Wildman–Crippen MR) is 95.6 cm³/mol. The fraction of sp³-hybridized carbons (Fsp3) is 0.294. The number of pyridine rings is 1. The highest BCUT2D eigenvalue weighted by atomic mass is 16.5. The molecule has 0 spiro atoms. The van der Waals surface area contributed by atoms with Crippen LogP contribution in [0.2, 0.25) is 0 Å². The van der Waals surface area contributed by atoms with Crippen LogP contribution in [0.1, 0.15) is 30.4 Å². The minimum Gasteiger partial charge on any atom is -0.494 e. The van der Waals surface area contributed by atoms with E-state index in [0.717, 1.165) is 5.69 Å². The second-order valence-electron chi connectivity index (χ2n) is 6.12. The Morgan fingerprint density at radius 3 is 2.70 bits per heavy atom. The van der Waals surface area contributed by atoms with Crippen LogP contribution in [0.5, 0.6) is 5.75 Å². The molecule has 0 amide bonds. The van der Waals surface area contributed by atoms with Crippen LogP contribution >= 0.6 is 0 Å². The van der Waals surface area contributed by atoms with Gasteiger partial charge >= 0.3 is 0 Å². The number of ether oxygens (including phenoxy) is 1. The minimum absolute atomic E-state index is 0.281. The normalized spacial score (nSPS) is 12.5. The Bertz CT molecular complexity index is 1130. The molecule has 0 fully saturated rings. The summed E-state index contributed by atoms with van der Waals surface area (Å²) in [7, 11) is 1.57. The second kappa shape index (κ2) is 6.40. The largest absolute Gasteiger partial charge is 0.494 e. The van der Waals surface area contributed by atoms with Crippen LogP contribution < -0.4 is 4.74 Å². The van der Waals surface area contributed by atoms with Crippen molar-refractivity contribution in [2.45, 2.75) is 26.9 Å². The standard InChI is InChI=1S/C17H18N8O2/c1-9-7-12(13(27-4)8-18-9)17-19-16(10(2)26)23-25(17)15-6-5-14-21-20-11(3)24(14)22-15/h5-8,10,26H,1-4H3. The highest BCUT2D eigenvalue weighted by Crippen LogP contribution is 2.30. The van der Waals surface area contributed by atoms with Crippen LogP contribution in [0.15, 0.2) is 24.4 Å². The first-order chi connectivity index (χ1) is 13.0. The molecule has 27 heavy (non-hydrogen) atoms. The van der Waals surface area contributed by atoms with E-state index in [0.29, 0.717) is 34.4 Å². The molecule has 0 saturated carbocycles. The van der Waals surface area contributed by atoms with Gasteiger partial charge in [-0.3, -0.25) is 4.98 Å². The molecule has 1 N–H and O–H groups in total. The SMILES string of the molecule is COc1cnc(C)cc1-c1nc(C(C)O)nn1-c1ccc2nnc(C)n2n1. The van der Waals surface area contributed by atoms with Gasteiger partial charge in [0.25, 0.3) is 0 Å². The summed E-state index contributed by atoms with van der Waals surface area (Å²) in [5, 5.41) is 27.1. The van der Waals surface area contributed by atoms with Crippen molar-refractivity contribution in [3.8, 4) is 23.0 Å². The Morgan fingerprint density at radius 2 is 1.96 bits per heavy atom. The fourth-order valence-electron chi connectivity index (χ4n) is 2.72. The van der Waals surface area contributed by atoms with Gasteiger partial charge in [-0.2, -0.15) is 9.20 Å². The molecule has 138 valence electrons. The van der Waals surface area contributed by atoms with E-state index in [-0.39, 0.29) is 5.82 Å². The van der Waals surface area contributed by atoms with Crippen molar-refractivity contribution < 1.29 is 9.84 Å². The molecular weight excluding hydrogens is 348 g/mol. The Hall–Kier alpha value is -3.40. The molecule has 0 aromatic carbocycles. The lowest BCUT2D eigenvalue weighted by Gasteiger charge is -2.10. The van der Waals surface area contributed by atoms with E-state index in [1.165, 1.54) is 0 Å². The molecule has 10 nitrogen and oxygen atoms in total. The van der Waals surface area contributed by atoms with Gasteiger partial charge < -0.3 is 9.84 Å². The number of hydrogen-bond donors (Lipinski definition) is 1. The zero-order valence-electron chi connectivity index (χ0n) is 15.3. The van der Waals surface area contributed by atoms with E-state index in [1.54, 1.807) is 41.6 Å². The van der Waals surface area contributed by atoms with Crippen molar-refractivity contribution in [1.29, 1.82) is 0 Å². The van der Waals surface area contributed by atoms with Crippen molar-refractivity contribution in [2.24, 2.45) is 0 Å². The Morgan fingerprint density at radius 1 is 1.15 bits per heavy atom. The van der Waals surface area contributed by atoms with E-state index in [4.69, 9.17) is 4.74 Å². The summed E-state index contributed by atoms with van der Waals surface area (Å²) in [6.45, 7) is 5.30. The Labute approximate surface area is 154 Å². The summed E-state index contributed by atoms with van der Waals surface area (Å²) >= 11 is 0. The lowest BCUT2D eigenvalue weighted by Crippen LogP contribution is -2.07. The van der Waals surface area contributed by atoms with E-state index in [2.05, 4.69) is 30.4 Å².